The van der Waals surface area contributed by atoms with E-state index in [1.54, 1.807) is 11.9 Å². The maximum absolute atomic E-state index is 12.9. The summed E-state index contributed by atoms with van der Waals surface area (Å²) in [6.07, 6.45) is 1.88. The molecule has 0 aromatic heterocycles. The lowest BCUT2D eigenvalue weighted by molar-refractivity contribution is -0.131. The maximum atomic E-state index is 12.9. The molecule has 1 unspecified atom stereocenters. The van der Waals surface area contributed by atoms with Crippen LogP contribution in [0.15, 0.2) is 53.4 Å². The Morgan fingerprint density at radius 3 is 2.62 bits per heavy atom. The molecule has 2 aromatic carbocycles. The zero-order chi connectivity index (χ0) is 18.7. The van der Waals surface area contributed by atoms with Crippen LogP contribution in [-0.4, -0.2) is 32.8 Å². The normalized spacial score (nSPS) is 16.3. The largest absolute Gasteiger partial charge is 0.339 e. The predicted molar refractivity (Wildman–Crippen MR) is 96.5 cm³/mol. The summed E-state index contributed by atoms with van der Waals surface area (Å²) < 4.78 is 39.6. The minimum Gasteiger partial charge on any atom is -0.339 e. The first-order valence-corrected chi connectivity index (χ1v) is 9.95. The van der Waals surface area contributed by atoms with Crippen molar-refractivity contribution in [2.75, 3.05) is 13.6 Å². The van der Waals surface area contributed by atoms with E-state index in [4.69, 9.17) is 0 Å². The number of halogens is 1. The average Bonchev–Trinajstić information content (AvgIpc) is 3.05. The van der Waals surface area contributed by atoms with Gasteiger partial charge in [0.1, 0.15) is 5.82 Å². The number of amides is 1. The summed E-state index contributed by atoms with van der Waals surface area (Å²) in [5.41, 5.74) is 2.42. The summed E-state index contributed by atoms with van der Waals surface area (Å²) in [6.45, 7) is -0.00273. The zero-order valence-electron chi connectivity index (χ0n) is 14.5. The third-order valence-corrected chi connectivity index (χ3v) is 6.19. The molecule has 1 aliphatic rings. The van der Waals surface area contributed by atoms with E-state index in [0.29, 0.717) is 0 Å². The number of hydrogen-bond acceptors (Lipinski definition) is 3. The van der Waals surface area contributed by atoms with Crippen molar-refractivity contribution in [2.45, 2.75) is 30.2 Å². The Hall–Kier alpha value is -2.25. The number of nitrogens with zero attached hydrogens (tertiary/aromatic N) is 1. The summed E-state index contributed by atoms with van der Waals surface area (Å²) >= 11 is 0. The second kappa shape index (κ2) is 7.55. The molecule has 1 aliphatic carbocycles. The highest BCUT2D eigenvalue weighted by atomic mass is 32.2. The molecular weight excluding hydrogens is 355 g/mol. The molecule has 7 heteroatoms. The molecule has 0 radical (unpaired) electrons. The summed E-state index contributed by atoms with van der Waals surface area (Å²) in [6, 6.07) is 12.7. The number of sulfonamides is 1. The highest BCUT2D eigenvalue weighted by molar-refractivity contribution is 7.89. The SMILES string of the molecule is CN(C(=O)CCNS(=O)(=O)c1ccc(F)cc1)C1CCc2ccccc21. The number of fused-ring (bicyclic) bond motifs is 1. The highest BCUT2D eigenvalue weighted by Crippen LogP contribution is 2.34. The smallest absolute Gasteiger partial charge is 0.240 e. The van der Waals surface area contributed by atoms with Gasteiger partial charge in [0, 0.05) is 20.0 Å². The third-order valence-electron chi connectivity index (χ3n) is 4.72. The van der Waals surface area contributed by atoms with Gasteiger partial charge in [-0.1, -0.05) is 24.3 Å². The molecule has 0 heterocycles. The summed E-state index contributed by atoms with van der Waals surface area (Å²) in [5, 5.41) is 0. The standard InChI is InChI=1S/C19H21FN2O3S/c1-22(18-11-6-14-4-2-3-5-17(14)18)19(23)12-13-21-26(24,25)16-9-7-15(20)8-10-16/h2-5,7-10,18,21H,6,11-13H2,1H3. The topological polar surface area (TPSA) is 66.5 Å². The van der Waals surface area contributed by atoms with Gasteiger partial charge in [0.15, 0.2) is 0 Å². The number of carbonyl (C=O) groups excluding carboxylic acids is 1. The molecule has 5 nitrogen and oxygen atoms in total. The molecular formula is C19H21FN2O3S. The minimum atomic E-state index is -3.75. The van der Waals surface area contributed by atoms with Gasteiger partial charge in [0.05, 0.1) is 10.9 Å². The van der Waals surface area contributed by atoms with Crippen LogP contribution in [0.25, 0.3) is 0 Å². The molecule has 1 N–H and O–H groups in total. The average molecular weight is 376 g/mol. The van der Waals surface area contributed by atoms with Crippen LogP contribution in [0.4, 0.5) is 4.39 Å². The fraction of sp³-hybridized carbons (Fsp3) is 0.316. The Morgan fingerprint density at radius 2 is 1.88 bits per heavy atom. The van der Waals surface area contributed by atoms with E-state index < -0.39 is 15.8 Å². The van der Waals surface area contributed by atoms with Gasteiger partial charge in [-0.15, -0.1) is 0 Å². The van der Waals surface area contributed by atoms with Crippen LogP contribution >= 0.6 is 0 Å². The first-order chi connectivity index (χ1) is 12.4. The number of benzene rings is 2. The van der Waals surface area contributed by atoms with Crippen molar-refractivity contribution in [3.05, 3.63) is 65.5 Å². The van der Waals surface area contributed by atoms with Gasteiger partial charge in [-0.05, 0) is 48.2 Å². The fourth-order valence-electron chi connectivity index (χ4n) is 3.28. The van der Waals surface area contributed by atoms with Gasteiger partial charge in [0.25, 0.3) is 0 Å². The highest BCUT2D eigenvalue weighted by Gasteiger charge is 2.28. The third kappa shape index (κ3) is 3.94. The Labute approximate surface area is 152 Å². The Balaban J connectivity index is 1.57. The summed E-state index contributed by atoms with van der Waals surface area (Å²) in [4.78, 5) is 14.1. The van der Waals surface area contributed by atoms with Gasteiger partial charge >= 0.3 is 0 Å². The van der Waals surface area contributed by atoms with E-state index in [2.05, 4.69) is 10.8 Å². The number of carbonyl (C=O) groups is 1. The Bertz CT molecular complexity index is 897. The molecule has 0 saturated carbocycles. The van der Waals surface area contributed by atoms with Crippen molar-refractivity contribution in [3.8, 4) is 0 Å². The van der Waals surface area contributed by atoms with Crippen LogP contribution in [0.2, 0.25) is 0 Å². The van der Waals surface area contributed by atoms with Gasteiger partial charge in [-0.2, -0.15) is 0 Å². The number of aryl methyl sites for hydroxylation is 1. The van der Waals surface area contributed by atoms with Crippen molar-refractivity contribution >= 4 is 15.9 Å². The molecule has 0 saturated heterocycles. The van der Waals surface area contributed by atoms with Crippen LogP contribution in [0.3, 0.4) is 0 Å². The van der Waals surface area contributed by atoms with Crippen LogP contribution < -0.4 is 4.72 Å². The second-order valence-electron chi connectivity index (χ2n) is 6.36. The first kappa shape index (κ1) is 18.5. The number of rotatable bonds is 6. The van der Waals surface area contributed by atoms with Gasteiger partial charge in [-0.25, -0.2) is 17.5 Å². The molecule has 3 rings (SSSR count). The molecule has 1 amide bonds. The monoisotopic (exact) mass is 376 g/mol. The van der Waals surface area contributed by atoms with Crippen molar-refractivity contribution in [2.24, 2.45) is 0 Å². The lowest BCUT2D eigenvalue weighted by atomic mass is 10.1. The van der Waals surface area contributed by atoms with Crippen molar-refractivity contribution in [1.29, 1.82) is 0 Å². The molecule has 26 heavy (non-hydrogen) atoms. The Kier molecular flexibility index (Phi) is 5.38. The molecule has 2 aromatic rings. The van der Waals surface area contributed by atoms with Crippen molar-refractivity contribution in [3.63, 3.8) is 0 Å². The summed E-state index contributed by atoms with van der Waals surface area (Å²) in [7, 11) is -2.00. The van der Waals surface area contributed by atoms with Crippen LogP contribution in [0, 0.1) is 5.82 Å². The van der Waals surface area contributed by atoms with E-state index in [1.165, 1.54) is 17.7 Å². The van der Waals surface area contributed by atoms with Gasteiger partial charge < -0.3 is 4.90 Å². The molecule has 1 atom stereocenters. The molecule has 138 valence electrons. The van der Waals surface area contributed by atoms with E-state index >= 15 is 0 Å². The minimum absolute atomic E-state index is 0.00273. The zero-order valence-corrected chi connectivity index (χ0v) is 15.3. The predicted octanol–water partition coefficient (Wildman–Crippen LogP) is 2.64. The molecule has 0 bridgehead atoms. The number of hydrogen-bond donors (Lipinski definition) is 1. The van der Waals surface area contributed by atoms with Crippen LogP contribution in [-0.2, 0) is 21.2 Å². The lowest BCUT2D eigenvalue weighted by Gasteiger charge is -2.25. The molecule has 0 aliphatic heterocycles. The van der Waals surface area contributed by atoms with E-state index in [0.717, 1.165) is 30.5 Å². The van der Waals surface area contributed by atoms with E-state index in [-0.39, 0.29) is 29.8 Å². The van der Waals surface area contributed by atoms with Gasteiger partial charge in [-0.3, -0.25) is 4.79 Å². The molecule has 0 fully saturated rings. The quantitative estimate of drug-likeness (QED) is 0.843. The van der Waals surface area contributed by atoms with Gasteiger partial charge in [0.2, 0.25) is 15.9 Å². The molecule has 0 spiro atoms. The number of nitrogens with one attached hydrogen (secondary N) is 1. The van der Waals surface area contributed by atoms with Crippen LogP contribution in [0.5, 0.6) is 0 Å². The van der Waals surface area contributed by atoms with E-state index in [1.807, 2.05) is 18.2 Å². The maximum Gasteiger partial charge on any atom is 0.240 e. The summed E-state index contributed by atoms with van der Waals surface area (Å²) in [5.74, 6) is -0.619. The second-order valence-corrected chi connectivity index (χ2v) is 8.13. The Morgan fingerprint density at radius 1 is 1.19 bits per heavy atom. The van der Waals surface area contributed by atoms with E-state index in [9.17, 15) is 17.6 Å². The van der Waals surface area contributed by atoms with Crippen molar-refractivity contribution < 1.29 is 17.6 Å². The first-order valence-electron chi connectivity index (χ1n) is 8.47. The van der Waals surface area contributed by atoms with Crippen LogP contribution in [0.1, 0.15) is 30.0 Å². The fourth-order valence-corrected chi connectivity index (χ4v) is 4.31. The lowest BCUT2D eigenvalue weighted by Crippen LogP contribution is -2.34. The van der Waals surface area contributed by atoms with Crippen molar-refractivity contribution in [1.82, 2.24) is 9.62 Å².